The van der Waals surface area contributed by atoms with Gasteiger partial charge < -0.3 is 4.74 Å². The zero-order chi connectivity index (χ0) is 14.8. The van der Waals surface area contributed by atoms with Crippen LogP contribution in [0.5, 0.6) is 0 Å². The van der Waals surface area contributed by atoms with Crippen LogP contribution in [0.3, 0.4) is 0 Å². The lowest BCUT2D eigenvalue weighted by molar-refractivity contribution is -0.154. The summed E-state index contributed by atoms with van der Waals surface area (Å²) in [6.45, 7) is 5.41. The molecule has 0 rings (SSSR count). The highest BCUT2D eigenvalue weighted by molar-refractivity contribution is 7.86. The second kappa shape index (κ2) is 5.48. The Labute approximate surface area is 105 Å². The lowest BCUT2D eigenvalue weighted by Gasteiger charge is -2.22. The second-order valence-corrected chi connectivity index (χ2v) is 6.93. The Morgan fingerprint density at radius 3 is 2.11 bits per heavy atom. The fourth-order valence-electron chi connectivity index (χ4n) is 1.37. The van der Waals surface area contributed by atoms with Gasteiger partial charge in [0.2, 0.25) is 0 Å². The predicted octanol–water partition coefficient (Wildman–Crippen LogP) is 2.08. The first-order chi connectivity index (χ1) is 7.76. The van der Waals surface area contributed by atoms with E-state index in [1.54, 1.807) is 0 Å². The average Bonchev–Trinajstić information content (AvgIpc) is 2.09. The summed E-state index contributed by atoms with van der Waals surface area (Å²) in [5.41, 5.74) is -0.190. The third kappa shape index (κ3) is 5.72. The molecule has 5 nitrogen and oxygen atoms in total. The minimum atomic E-state index is -5.57. The molecule has 8 heteroatoms. The molecule has 1 atom stereocenters. The fraction of sp³-hybridized carbons (Fsp3) is 0.900. The van der Waals surface area contributed by atoms with Crippen LogP contribution in [0.25, 0.3) is 0 Å². The standard InChI is InChI=1S/C10H18F2O5S/c1-7(5-9(2,3)4)8(13)17-6-10(11,12)18(14,15)16/h7H,5-6H2,1-4H3,(H,14,15,16). The molecule has 0 aromatic rings. The van der Waals surface area contributed by atoms with Crippen LogP contribution in [0, 0.1) is 11.3 Å². The highest BCUT2D eigenvalue weighted by Crippen LogP contribution is 2.26. The van der Waals surface area contributed by atoms with E-state index in [9.17, 15) is 22.0 Å². The Kier molecular flexibility index (Phi) is 5.25. The van der Waals surface area contributed by atoms with Crippen molar-refractivity contribution >= 4 is 16.1 Å². The van der Waals surface area contributed by atoms with E-state index < -0.39 is 33.9 Å². The molecule has 0 spiro atoms. The molecule has 0 aliphatic rings. The molecule has 0 aromatic carbocycles. The molecular formula is C10H18F2O5S. The van der Waals surface area contributed by atoms with Crippen LogP contribution >= 0.6 is 0 Å². The number of carbonyl (C=O) groups is 1. The van der Waals surface area contributed by atoms with Crippen molar-refractivity contribution in [3.8, 4) is 0 Å². The van der Waals surface area contributed by atoms with E-state index in [2.05, 4.69) is 4.74 Å². The molecule has 0 aliphatic heterocycles. The van der Waals surface area contributed by atoms with Crippen LogP contribution in [0.2, 0.25) is 0 Å². The fourth-order valence-corrected chi connectivity index (χ4v) is 1.58. The normalized spacial score (nSPS) is 15.3. The van der Waals surface area contributed by atoms with Crippen molar-refractivity contribution in [3.05, 3.63) is 0 Å². The van der Waals surface area contributed by atoms with Gasteiger partial charge in [0.1, 0.15) is 0 Å². The smallest absolute Gasteiger partial charge is 0.402 e. The van der Waals surface area contributed by atoms with Crippen LogP contribution in [-0.4, -0.2) is 30.8 Å². The Morgan fingerprint density at radius 1 is 1.33 bits per heavy atom. The van der Waals surface area contributed by atoms with Crippen molar-refractivity contribution in [3.63, 3.8) is 0 Å². The van der Waals surface area contributed by atoms with E-state index in [4.69, 9.17) is 4.55 Å². The number of esters is 1. The van der Waals surface area contributed by atoms with Gasteiger partial charge in [0.25, 0.3) is 0 Å². The maximum atomic E-state index is 12.8. The lowest BCUT2D eigenvalue weighted by atomic mass is 9.85. The van der Waals surface area contributed by atoms with Crippen LogP contribution < -0.4 is 0 Å². The minimum absolute atomic E-state index is 0.190. The monoisotopic (exact) mass is 288 g/mol. The van der Waals surface area contributed by atoms with Gasteiger partial charge in [0.15, 0.2) is 6.61 Å². The molecule has 1 N–H and O–H groups in total. The van der Waals surface area contributed by atoms with Crippen molar-refractivity contribution in [2.75, 3.05) is 6.61 Å². The summed E-state index contributed by atoms with van der Waals surface area (Å²) >= 11 is 0. The summed E-state index contributed by atoms with van der Waals surface area (Å²) in [6, 6.07) is 0. The van der Waals surface area contributed by atoms with Crippen molar-refractivity contribution in [2.24, 2.45) is 11.3 Å². The van der Waals surface area contributed by atoms with E-state index in [0.717, 1.165) is 0 Å². The Morgan fingerprint density at radius 2 is 1.78 bits per heavy atom. The van der Waals surface area contributed by atoms with E-state index >= 15 is 0 Å². The molecular weight excluding hydrogens is 270 g/mol. The van der Waals surface area contributed by atoms with Gasteiger partial charge in [-0.3, -0.25) is 9.35 Å². The molecule has 0 saturated carbocycles. The quantitative estimate of drug-likeness (QED) is 0.619. The minimum Gasteiger partial charge on any atom is -0.458 e. The number of ether oxygens (including phenoxy) is 1. The summed E-state index contributed by atoms with van der Waals surface area (Å²) < 4.78 is 58.5. The van der Waals surface area contributed by atoms with Gasteiger partial charge in [0.05, 0.1) is 5.92 Å². The summed E-state index contributed by atoms with van der Waals surface area (Å²) in [4.78, 5) is 11.4. The van der Waals surface area contributed by atoms with E-state index in [-0.39, 0.29) is 5.41 Å². The summed E-state index contributed by atoms with van der Waals surface area (Å²) in [7, 11) is -5.57. The number of alkyl halides is 2. The highest BCUT2D eigenvalue weighted by Gasteiger charge is 2.45. The van der Waals surface area contributed by atoms with E-state index in [1.165, 1.54) is 6.92 Å². The average molecular weight is 288 g/mol. The SMILES string of the molecule is CC(CC(C)(C)C)C(=O)OCC(F)(F)S(=O)(=O)O. The molecule has 0 radical (unpaired) electrons. The Hall–Kier alpha value is -0.760. The Bertz CT molecular complexity index is 397. The summed E-state index contributed by atoms with van der Waals surface area (Å²) in [5.74, 6) is -1.56. The van der Waals surface area contributed by atoms with Gasteiger partial charge in [0, 0.05) is 0 Å². The molecule has 0 aromatic heterocycles. The van der Waals surface area contributed by atoms with Crippen LogP contribution in [0.1, 0.15) is 34.1 Å². The van der Waals surface area contributed by atoms with Gasteiger partial charge in [-0.25, -0.2) is 0 Å². The van der Waals surface area contributed by atoms with Crippen LogP contribution in [0.15, 0.2) is 0 Å². The largest absolute Gasteiger partial charge is 0.458 e. The van der Waals surface area contributed by atoms with Gasteiger partial charge in [-0.15, -0.1) is 0 Å². The van der Waals surface area contributed by atoms with Gasteiger partial charge in [-0.05, 0) is 11.8 Å². The number of rotatable bonds is 5. The molecule has 0 fully saturated rings. The summed E-state index contributed by atoms with van der Waals surface area (Å²) in [5, 5.41) is -4.48. The molecule has 0 heterocycles. The van der Waals surface area contributed by atoms with Crippen LogP contribution in [-0.2, 0) is 19.6 Å². The lowest BCUT2D eigenvalue weighted by Crippen LogP contribution is -2.35. The van der Waals surface area contributed by atoms with Gasteiger partial charge in [-0.2, -0.15) is 17.2 Å². The third-order valence-electron chi connectivity index (χ3n) is 2.08. The first-order valence-corrected chi connectivity index (χ1v) is 6.72. The number of hydrogen-bond donors (Lipinski definition) is 1. The maximum Gasteiger partial charge on any atom is 0.402 e. The Balaban J connectivity index is 4.45. The highest BCUT2D eigenvalue weighted by atomic mass is 32.2. The molecule has 0 bridgehead atoms. The van der Waals surface area contributed by atoms with Gasteiger partial charge in [-0.1, -0.05) is 27.7 Å². The molecule has 18 heavy (non-hydrogen) atoms. The molecule has 1 unspecified atom stereocenters. The van der Waals surface area contributed by atoms with Crippen molar-refractivity contribution in [1.29, 1.82) is 0 Å². The van der Waals surface area contributed by atoms with Crippen molar-refractivity contribution < 1.29 is 31.3 Å². The maximum absolute atomic E-state index is 12.8. The first-order valence-electron chi connectivity index (χ1n) is 5.28. The summed E-state index contributed by atoms with van der Waals surface area (Å²) in [6.07, 6.45) is 0.406. The second-order valence-electron chi connectivity index (χ2n) is 5.39. The molecule has 0 amide bonds. The number of hydrogen-bond acceptors (Lipinski definition) is 4. The van der Waals surface area contributed by atoms with Crippen molar-refractivity contribution in [2.45, 2.75) is 39.4 Å². The van der Waals surface area contributed by atoms with E-state index in [0.29, 0.717) is 6.42 Å². The third-order valence-corrected chi connectivity index (χ3v) is 2.95. The zero-order valence-corrected chi connectivity index (χ0v) is 11.6. The first kappa shape index (κ1) is 17.2. The van der Waals surface area contributed by atoms with E-state index in [1.807, 2.05) is 20.8 Å². The topological polar surface area (TPSA) is 80.7 Å². The molecule has 0 saturated heterocycles. The zero-order valence-electron chi connectivity index (χ0n) is 10.7. The number of halogens is 2. The molecule has 0 aliphatic carbocycles. The molecule has 108 valence electrons. The van der Waals surface area contributed by atoms with Gasteiger partial charge >= 0.3 is 21.3 Å². The number of carbonyl (C=O) groups excluding carboxylic acids is 1. The van der Waals surface area contributed by atoms with Crippen LogP contribution in [0.4, 0.5) is 8.78 Å². The predicted molar refractivity (Wildman–Crippen MR) is 60.7 cm³/mol. The van der Waals surface area contributed by atoms with Crippen molar-refractivity contribution in [1.82, 2.24) is 0 Å².